The highest BCUT2D eigenvalue weighted by Crippen LogP contribution is 2.44. The first-order chi connectivity index (χ1) is 10.6. The van der Waals surface area contributed by atoms with Crippen molar-refractivity contribution in [2.45, 2.75) is 44.6 Å². The van der Waals surface area contributed by atoms with Crippen molar-refractivity contribution in [1.82, 2.24) is 0 Å². The largest absolute Gasteiger partial charge is 0.465 e. The fraction of sp³-hybridized carbons (Fsp3) is 0.765. The molecule has 2 saturated carbocycles. The van der Waals surface area contributed by atoms with E-state index >= 15 is 0 Å². The first kappa shape index (κ1) is 17.0. The number of esters is 2. The lowest BCUT2D eigenvalue weighted by atomic mass is 9.66. The summed E-state index contributed by atoms with van der Waals surface area (Å²) in [5, 5.41) is 0. The molecule has 2 aliphatic rings. The topological polar surface area (TPSA) is 61.8 Å². The standard InChI is InChI=1S/C17H26O5/c1-20-14-7-6-12-8-11(4-5-13(12)10-14)9-15(16(18)21-2)17(19)22-3/h9,11-14H,4-8,10H2,1-3H3. The third kappa shape index (κ3) is 3.88. The van der Waals surface area contributed by atoms with Gasteiger partial charge in [-0.3, -0.25) is 0 Å². The summed E-state index contributed by atoms with van der Waals surface area (Å²) in [6.45, 7) is 0. The number of carbonyl (C=O) groups is 2. The second kappa shape index (κ2) is 7.77. The zero-order valence-corrected chi connectivity index (χ0v) is 13.7. The molecule has 0 amide bonds. The highest BCUT2D eigenvalue weighted by atomic mass is 16.5. The first-order valence-electron chi connectivity index (χ1n) is 8.00. The predicted octanol–water partition coefficient (Wildman–Crippen LogP) is 2.49. The number of hydrogen-bond donors (Lipinski definition) is 0. The summed E-state index contributed by atoms with van der Waals surface area (Å²) in [5.41, 5.74) is 0.0269. The van der Waals surface area contributed by atoms with Gasteiger partial charge in [0.15, 0.2) is 0 Å². The number of fused-ring (bicyclic) bond motifs is 1. The molecule has 0 aliphatic heterocycles. The number of rotatable bonds is 4. The van der Waals surface area contributed by atoms with E-state index in [0.29, 0.717) is 17.9 Å². The Morgan fingerprint density at radius 1 is 0.864 bits per heavy atom. The van der Waals surface area contributed by atoms with Gasteiger partial charge >= 0.3 is 11.9 Å². The maximum Gasteiger partial charge on any atom is 0.344 e. The van der Waals surface area contributed by atoms with Crippen LogP contribution in [-0.2, 0) is 23.8 Å². The number of ether oxygens (including phenoxy) is 3. The molecule has 0 N–H and O–H groups in total. The zero-order chi connectivity index (χ0) is 16.1. The summed E-state index contributed by atoms with van der Waals surface area (Å²) in [7, 11) is 4.35. The fourth-order valence-corrected chi connectivity index (χ4v) is 3.92. The molecule has 4 atom stereocenters. The molecule has 0 saturated heterocycles. The second-order valence-corrected chi connectivity index (χ2v) is 6.33. The van der Waals surface area contributed by atoms with E-state index in [0.717, 1.165) is 32.1 Å². The monoisotopic (exact) mass is 310 g/mol. The third-order valence-corrected chi connectivity index (χ3v) is 5.15. The van der Waals surface area contributed by atoms with E-state index in [4.69, 9.17) is 4.74 Å². The van der Waals surface area contributed by atoms with E-state index in [1.165, 1.54) is 20.6 Å². The highest BCUT2D eigenvalue weighted by Gasteiger charge is 2.35. The minimum atomic E-state index is -0.614. The Bertz CT molecular complexity index is 424. The summed E-state index contributed by atoms with van der Waals surface area (Å²) >= 11 is 0. The van der Waals surface area contributed by atoms with E-state index < -0.39 is 11.9 Å². The van der Waals surface area contributed by atoms with Crippen molar-refractivity contribution in [2.24, 2.45) is 17.8 Å². The third-order valence-electron chi connectivity index (χ3n) is 5.15. The van der Waals surface area contributed by atoms with E-state index in [2.05, 4.69) is 9.47 Å². The smallest absolute Gasteiger partial charge is 0.344 e. The van der Waals surface area contributed by atoms with Crippen LogP contribution in [0.1, 0.15) is 38.5 Å². The maximum atomic E-state index is 11.7. The van der Waals surface area contributed by atoms with Crippen LogP contribution in [0.4, 0.5) is 0 Å². The molecule has 2 aliphatic carbocycles. The van der Waals surface area contributed by atoms with Crippen molar-refractivity contribution >= 4 is 11.9 Å². The average molecular weight is 310 g/mol. The minimum Gasteiger partial charge on any atom is -0.465 e. The van der Waals surface area contributed by atoms with Gasteiger partial charge in [0.1, 0.15) is 5.57 Å². The van der Waals surface area contributed by atoms with Crippen LogP contribution in [0.15, 0.2) is 11.6 Å². The van der Waals surface area contributed by atoms with Gasteiger partial charge in [-0.15, -0.1) is 0 Å². The number of allylic oxidation sites excluding steroid dienone is 1. The van der Waals surface area contributed by atoms with Crippen LogP contribution in [0, 0.1) is 17.8 Å². The van der Waals surface area contributed by atoms with Crippen LogP contribution < -0.4 is 0 Å². The van der Waals surface area contributed by atoms with Gasteiger partial charge in [0.05, 0.1) is 20.3 Å². The molecule has 0 aromatic heterocycles. The lowest BCUT2D eigenvalue weighted by Gasteiger charge is -2.41. The van der Waals surface area contributed by atoms with E-state index in [-0.39, 0.29) is 11.5 Å². The molecule has 124 valence electrons. The molecule has 2 rings (SSSR count). The normalized spacial score (nSPS) is 30.9. The van der Waals surface area contributed by atoms with Crippen molar-refractivity contribution in [3.8, 4) is 0 Å². The summed E-state index contributed by atoms with van der Waals surface area (Å²) in [6, 6.07) is 0. The Morgan fingerprint density at radius 2 is 1.45 bits per heavy atom. The first-order valence-corrected chi connectivity index (χ1v) is 8.00. The minimum absolute atomic E-state index is 0.0269. The fourth-order valence-electron chi connectivity index (χ4n) is 3.92. The summed E-state index contributed by atoms with van der Waals surface area (Å²) in [4.78, 5) is 23.5. The highest BCUT2D eigenvalue weighted by molar-refractivity contribution is 6.13. The quantitative estimate of drug-likeness (QED) is 0.345. The number of carbonyl (C=O) groups excluding carboxylic acids is 2. The van der Waals surface area contributed by atoms with Crippen molar-refractivity contribution in [1.29, 1.82) is 0 Å². The second-order valence-electron chi connectivity index (χ2n) is 6.33. The number of methoxy groups -OCH3 is 3. The molecule has 5 nitrogen and oxygen atoms in total. The maximum absolute atomic E-state index is 11.7. The molecule has 0 radical (unpaired) electrons. The summed E-state index contributed by atoms with van der Waals surface area (Å²) in [6.07, 6.45) is 8.71. The van der Waals surface area contributed by atoms with Gasteiger partial charge in [-0.2, -0.15) is 0 Å². The Morgan fingerprint density at radius 3 is 2.05 bits per heavy atom. The molecular weight excluding hydrogens is 284 g/mol. The molecule has 0 heterocycles. The lowest BCUT2D eigenvalue weighted by Crippen LogP contribution is -2.33. The van der Waals surface area contributed by atoms with Crippen molar-refractivity contribution in [2.75, 3.05) is 21.3 Å². The van der Waals surface area contributed by atoms with Crippen LogP contribution in [0.2, 0.25) is 0 Å². The van der Waals surface area contributed by atoms with Crippen LogP contribution >= 0.6 is 0 Å². The molecular formula is C17H26O5. The van der Waals surface area contributed by atoms with E-state index in [9.17, 15) is 9.59 Å². The van der Waals surface area contributed by atoms with Crippen LogP contribution in [0.5, 0.6) is 0 Å². The molecule has 4 unspecified atom stereocenters. The molecule has 2 fully saturated rings. The van der Waals surface area contributed by atoms with E-state index in [1.807, 2.05) is 0 Å². The lowest BCUT2D eigenvalue weighted by molar-refractivity contribution is -0.144. The predicted molar refractivity (Wildman–Crippen MR) is 81.1 cm³/mol. The van der Waals surface area contributed by atoms with Crippen LogP contribution in [-0.4, -0.2) is 39.4 Å². The van der Waals surface area contributed by atoms with Gasteiger partial charge in [0.25, 0.3) is 0 Å². The molecule has 0 aromatic carbocycles. The van der Waals surface area contributed by atoms with Crippen LogP contribution in [0.25, 0.3) is 0 Å². The Hall–Kier alpha value is -1.36. The molecule has 0 spiro atoms. The summed E-state index contributed by atoms with van der Waals surface area (Å²) < 4.78 is 14.9. The molecule has 0 aromatic rings. The van der Waals surface area contributed by atoms with Gasteiger partial charge in [-0.1, -0.05) is 6.08 Å². The Balaban J connectivity index is 2.03. The van der Waals surface area contributed by atoms with Gasteiger partial charge < -0.3 is 14.2 Å². The van der Waals surface area contributed by atoms with Gasteiger partial charge in [-0.05, 0) is 56.3 Å². The summed E-state index contributed by atoms with van der Waals surface area (Å²) in [5.74, 6) is 0.392. The SMILES string of the molecule is COC(=O)C(=CC1CCC2CC(OC)CCC2C1)C(=O)OC. The number of hydrogen-bond acceptors (Lipinski definition) is 5. The van der Waals surface area contributed by atoms with Crippen LogP contribution in [0.3, 0.4) is 0 Å². The van der Waals surface area contributed by atoms with Crippen molar-refractivity contribution in [3.05, 3.63) is 11.6 Å². The Kier molecular flexibility index (Phi) is 6.00. The average Bonchev–Trinajstić information content (AvgIpc) is 2.57. The molecule has 5 heteroatoms. The zero-order valence-electron chi connectivity index (χ0n) is 13.7. The molecule has 22 heavy (non-hydrogen) atoms. The van der Waals surface area contributed by atoms with Crippen molar-refractivity contribution in [3.63, 3.8) is 0 Å². The van der Waals surface area contributed by atoms with Gasteiger partial charge in [0.2, 0.25) is 0 Å². The Labute approximate surface area is 132 Å². The van der Waals surface area contributed by atoms with Gasteiger partial charge in [0, 0.05) is 7.11 Å². The van der Waals surface area contributed by atoms with Crippen molar-refractivity contribution < 1.29 is 23.8 Å². The van der Waals surface area contributed by atoms with E-state index in [1.54, 1.807) is 13.2 Å². The van der Waals surface area contributed by atoms with Gasteiger partial charge in [-0.25, -0.2) is 9.59 Å². The molecule has 0 bridgehead atoms.